The largest absolute Gasteiger partial charge is 0.493 e. The molecule has 122 valence electrons. The predicted molar refractivity (Wildman–Crippen MR) is 79.2 cm³/mol. The van der Waals surface area contributed by atoms with Crippen molar-refractivity contribution < 1.29 is 23.2 Å². The molecule has 9 nitrogen and oxygen atoms in total. The minimum atomic E-state index is -3.66. The van der Waals surface area contributed by atoms with Crippen molar-refractivity contribution in [1.82, 2.24) is 9.78 Å². The third kappa shape index (κ3) is 2.93. The van der Waals surface area contributed by atoms with E-state index in [1.807, 2.05) is 0 Å². The van der Waals surface area contributed by atoms with Crippen molar-refractivity contribution in [2.45, 2.75) is 11.8 Å². The Bertz CT molecular complexity index is 929. The van der Waals surface area contributed by atoms with E-state index >= 15 is 0 Å². The summed E-state index contributed by atoms with van der Waals surface area (Å²) in [6, 6.07) is 2.99. The van der Waals surface area contributed by atoms with E-state index in [1.54, 1.807) is 0 Å². The fourth-order valence-corrected chi connectivity index (χ4v) is 2.77. The van der Waals surface area contributed by atoms with Gasteiger partial charge in [-0.2, -0.15) is 5.10 Å². The molecule has 2 rings (SSSR count). The molecule has 10 heteroatoms. The molecule has 0 saturated heterocycles. The molecule has 0 fully saturated rings. The number of nitro benzene ring substituents is 1. The maximum absolute atomic E-state index is 12.5. The summed E-state index contributed by atoms with van der Waals surface area (Å²) in [7, 11) is -2.24. The smallest absolute Gasteiger partial charge is 0.281 e. The zero-order valence-corrected chi connectivity index (χ0v) is 13.3. The van der Waals surface area contributed by atoms with Gasteiger partial charge in [0, 0.05) is 19.4 Å². The SMILES string of the molecule is Cc1nn(C)c(O)c1C(=O)c1ccc(S(C)(=O)=O)cc1[N+](=O)[O-]. The Hall–Kier alpha value is -2.75. The Morgan fingerprint density at radius 1 is 1.39 bits per heavy atom. The average Bonchev–Trinajstić information content (AvgIpc) is 2.69. The molecule has 0 bridgehead atoms. The lowest BCUT2D eigenvalue weighted by Gasteiger charge is -2.05. The number of aromatic hydroxyl groups is 1. The summed E-state index contributed by atoms with van der Waals surface area (Å²) in [5.74, 6) is -1.23. The van der Waals surface area contributed by atoms with E-state index in [0.29, 0.717) is 0 Å². The predicted octanol–water partition coefficient (Wildman–Crippen LogP) is 0.977. The summed E-state index contributed by atoms with van der Waals surface area (Å²) in [6.07, 6.45) is 0.907. The molecule has 0 radical (unpaired) electrons. The number of carbonyl (C=O) groups excluding carboxylic acids is 1. The molecule has 0 saturated carbocycles. The molecule has 0 amide bonds. The molecule has 0 unspecified atom stereocenters. The zero-order chi connectivity index (χ0) is 17.5. The van der Waals surface area contributed by atoms with Crippen LogP contribution in [-0.4, -0.2) is 40.3 Å². The minimum Gasteiger partial charge on any atom is -0.493 e. The van der Waals surface area contributed by atoms with Gasteiger partial charge in [0.15, 0.2) is 9.84 Å². The van der Waals surface area contributed by atoms with Crippen LogP contribution in [0.15, 0.2) is 23.1 Å². The number of benzene rings is 1. The molecule has 0 aliphatic rings. The number of nitrogens with zero attached hydrogens (tertiary/aromatic N) is 3. The number of hydrogen-bond donors (Lipinski definition) is 1. The Labute approximate surface area is 131 Å². The maximum atomic E-state index is 12.5. The number of aryl methyl sites for hydroxylation is 2. The lowest BCUT2D eigenvalue weighted by molar-refractivity contribution is -0.385. The Balaban J connectivity index is 2.68. The van der Waals surface area contributed by atoms with Crippen molar-refractivity contribution in [3.63, 3.8) is 0 Å². The third-order valence-corrected chi connectivity index (χ3v) is 4.37. The van der Waals surface area contributed by atoms with Gasteiger partial charge in [0.2, 0.25) is 11.7 Å². The highest BCUT2D eigenvalue weighted by molar-refractivity contribution is 7.90. The fourth-order valence-electron chi connectivity index (χ4n) is 2.13. The first-order valence-corrected chi connectivity index (χ1v) is 8.19. The number of aromatic nitrogens is 2. The highest BCUT2D eigenvalue weighted by Gasteiger charge is 2.28. The molecule has 0 aliphatic heterocycles. The van der Waals surface area contributed by atoms with Crippen LogP contribution in [0.25, 0.3) is 0 Å². The van der Waals surface area contributed by atoms with Gasteiger partial charge >= 0.3 is 0 Å². The molecule has 0 spiro atoms. The van der Waals surface area contributed by atoms with Gasteiger partial charge < -0.3 is 5.11 Å². The van der Waals surface area contributed by atoms with Gasteiger partial charge in [-0.15, -0.1) is 0 Å². The van der Waals surface area contributed by atoms with Gasteiger partial charge in [0.25, 0.3) is 5.69 Å². The Morgan fingerprint density at radius 2 is 2.00 bits per heavy atom. The number of nitro groups is 1. The quantitative estimate of drug-likeness (QED) is 0.498. The maximum Gasteiger partial charge on any atom is 0.281 e. The first-order chi connectivity index (χ1) is 10.5. The fraction of sp³-hybridized carbons (Fsp3) is 0.231. The van der Waals surface area contributed by atoms with Crippen molar-refractivity contribution in [2.24, 2.45) is 7.05 Å². The van der Waals surface area contributed by atoms with Crippen LogP contribution < -0.4 is 0 Å². The topological polar surface area (TPSA) is 132 Å². The van der Waals surface area contributed by atoms with Crippen LogP contribution in [0.2, 0.25) is 0 Å². The second kappa shape index (κ2) is 5.47. The number of sulfone groups is 1. The second-order valence-corrected chi connectivity index (χ2v) is 6.96. The Morgan fingerprint density at radius 3 is 2.43 bits per heavy atom. The molecular weight excluding hydrogens is 326 g/mol. The van der Waals surface area contributed by atoms with E-state index in [4.69, 9.17) is 0 Å². The van der Waals surface area contributed by atoms with Crippen LogP contribution in [0.3, 0.4) is 0 Å². The van der Waals surface area contributed by atoms with Gasteiger partial charge in [-0.3, -0.25) is 14.9 Å². The van der Waals surface area contributed by atoms with Crippen molar-refractivity contribution in [1.29, 1.82) is 0 Å². The summed E-state index contributed by atoms with van der Waals surface area (Å²) < 4.78 is 24.1. The molecule has 2 aromatic rings. The number of ketones is 1. The number of rotatable bonds is 4. The first kappa shape index (κ1) is 16.6. The van der Waals surface area contributed by atoms with Crippen molar-refractivity contribution >= 4 is 21.3 Å². The molecule has 0 atom stereocenters. The summed E-state index contributed by atoms with van der Waals surface area (Å²) in [5.41, 5.74) is -0.937. The van der Waals surface area contributed by atoms with E-state index in [2.05, 4.69) is 5.10 Å². The van der Waals surface area contributed by atoms with E-state index in [-0.39, 0.29) is 21.7 Å². The monoisotopic (exact) mass is 339 g/mol. The lowest BCUT2D eigenvalue weighted by atomic mass is 10.0. The van der Waals surface area contributed by atoms with Gasteiger partial charge in [0.05, 0.1) is 15.5 Å². The molecule has 1 N–H and O–H groups in total. The number of hydrogen-bond acceptors (Lipinski definition) is 7. The van der Waals surface area contributed by atoms with Gasteiger partial charge in [-0.25, -0.2) is 13.1 Å². The second-order valence-electron chi connectivity index (χ2n) is 4.94. The Kier molecular flexibility index (Phi) is 3.95. The summed E-state index contributed by atoms with van der Waals surface area (Å²) in [6.45, 7) is 1.48. The van der Waals surface area contributed by atoms with Gasteiger partial charge in [-0.1, -0.05) is 0 Å². The molecule has 23 heavy (non-hydrogen) atoms. The van der Waals surface area contributed by atoms with Gasteiger partial charge in [0.1, 0.15) is 11.1 Å². The highest BCUT2D eigenvalue weighted by atomic mass is 32.2. The lowest BCUT2D eigenvalue weighted by Crippen LogP contribution is -2.08. The van der Waals surface area contributed by atoms with Crippen LogP contribution in [0.4, 0.5) is 5.69 Å². The molecule has 1 aromatic carbocycles. The van der Waals surface area contributed by atoms with E-state index < -0.39 is 32.1 Å². The van der Waals surface area contributed by atoms with Crippen LogP contribution in [-0.2, 0) is 16.9 Å². The molecule has 1 heterocycles. The highest BCUT2D eigenvalue weighted by Crippen LogP contribution is 2.29. The molecular formula is C13H13N3O6S. The van der Waals surface area contributed by atoms with E-state index in [1.165, 1.54) is 14.0 Å². The zero-order valence-electron chi connectivity index (χ0n) is 12.5. The standard InChI is InChI=1S/C13H13N3O6S/c1-7-11(13(18)15(2)14-7)12(17)9-5-4-8(23(3,21)22)6-10(9)16(19)20/h4-6,18H,1-3H3. The van der Waals surface area contributed by atoms with Crippen LogP contribution in [0.1, 0.15) is 21.6 Å². The number of carbonyl (C=O) groups is 1. The summed E-state index contributed by atoms with van der Waals surface area (Å²) in [5, 5.41) is 24.9. The van der Waals surface area contributed by atoms with Crippen molar-refractivity contribution in [2.75, 3.05) is 6.26 Å². The van der Waals surface area contributed by atoms with Crippen molar-refractivity contribution in [3.8, 4) is 5.88 Å². The normalized spacial score (nSPS) is 11.4. The van der Waals surface area contributed by atoms with Crippen LogP contribution in [0, 0.1) is 17.0 Å². The van der Waals surface area contributed by atoms with Gasteiger partial charge in [-0.05, 0) is 19.1 Å². The average molecular weight is 339 g/mol. The van der Waals surface area contributed by atoms with E-state index in [0.717, 1.165) is 29.1 Å². The van der Waals surface area contributed by atoms with Crippen molar-refractivity contribution in [3.05, 3.63) is 45.1 Å². The molecule has 0 aliphatic carbocycles. The summed E-state index contributed by atoms with van der Waals surface area (Å²) >= 11 is 0. The minimum absolute atomic E-state index is 0.164. The molecule has 1 aromatic heterocycles. The third-order valence-electron chi connectivity index (χ3n) is 3.26. The summed E-state index contributed by atoms with van der Waals surface area (Å²) in [4.78, 5) is 22.6. The van der Waals surface area contributed by atoms with E-state index in [9.17, 15) is 28.4 Å². The van der Waals surface area contributed by atoms with Crippen LogP contribution >= 0.6 is 0 Å². The van der Waals surface area contributed by atoms with Crippen LogP contribution in [0.5, 0.6) is 5.88 Å². The first-order valence-electron chi connectivity index (χ1n) is 6.29.